The van der Waals surface area contributed by atoms with E-state index in [0.29, 0.717) is 5.02 Å². The summed E-state index contributed by atoms with van der Waals surface area (Å²) in [5, 5.41) is 9.29. The molecule has 18 heavy (non-hydrogen) atoms. The van der Waals surface area contributed by atoms with Gasteiger partial charge >= 0.3 is 5.97 Å². The van der Waals surface area contributed by atoms with Gasteiger partial charge in [0.15, 0.2) is 0 Å². The van der Waals surface area contributed by atoms with Crippen LogP contribution in [0.5, 0.6) is 0 Å². The first-order chi connectivity index (χ1) is 8.68. The van der Waals surface area contributed by atoms with Crippen LogP contribution in [0.4, 0.5) is 0 Å². The number of thioether (sulfide) groups is 1. The van der Waals surface area contributed by atoms with Gasteiger partial charge in [-0.15, -0.1) is 11.8 Å². The van der Waals surface area contributed by atoms with E-state index >= 15 is 0 Å². The Balaban J connectivity index is 2.15. The molecule has 0 aliphatic heterocycles. The zero-order valence-electron chi connectivity index (χ0n) is 9.47. The van der Waals surface area contributed by atoms with Crippen molar-refractivity contribution < 1.29 is 9.90 Å². The normalized spacial score (nSPS) is 10.3. The van der Waals surface area contributed by atoms with Crippen molar-refractivity contribution in [2.45, 2.75) is 10.6 Å². The van der Waals surface area contributed by atoms with Crippen LogP contribution in [0.25, 0.3) is 0 Å². The van der Waals surface area contributed by atoms with Gasteiger partial charge in [0.05, 0.1) is 10.6 Å². The van der Waals surface area contributed by atoms with Crippen LogP contribution in [0.1, 0.15) is 15.9 Å². The van der Waals surface area contributed by atoms with Gasteiger partial charge in [-0.1, -0.05) is 48.0 Å². The van der Waals surface area contributed by atoms with Crippen molar-refractivity contribution in [3.8, 4) is 0 Å². The molecule has 0 bridgehead atoms. The number of hydrogen-bond donors (Lipinski definition) is 1. The van der Waals surface area contributed by atoms with E-state index in [1.807, 2.05) is 36.4 Å². The molecule has 0 saturated heterocycles. The summed E-state index contributed by atoms with van der Waals surface area (Å²) in [4.78, 5) is 11.7. The van der Waals surface area contributed by atoms with Gasteiger partial charge in [0, 0.05) is 10.6 Å². The van der Waals surface area contributed by atoms with Crippen LogP contribution < -0.4 is 0 Å². The van der Waals surface area contributed by atoms with Crippen LogP contribution >= 0.6 is 23.4 Å². The van der Waals surface area contributed by atoms with E-state index in [9.17, 15) is 4.79 Å². The van der Waals surface area contributed by atoms with Crippen molar-refractivity contribution in [1.82, 2.24) is 0 Å². The molecule has 2 rings (SSSR count). The minimum absolute atomic E-state index is 0.148. The first-order valence-electron chi connectivity index (χ1n) is 5.37. The number of rotatable bonds is 4. The fraction of sp³-hybridized carbons (Fsp3) is 0.0714. The fourth-order valence-electron chi connectivity index (χ4n) is 1.52. The van der Waals surface area contributed by atoms with Crippen molar-refractivity contribution in [2.24, 2.45) is 0 Å². The van der Waals surface area contributed by atoms with Gasteiger partial charge in [0.1, 0.15) is 0 Å². The lowest BCUT2D eigenvalue weighted by molar-refractivity contribution is 0.0697. The predicted molar refractivity (Wildman–Crippen MR) is 74.4 cm³/mol. The summed E-state index contributed by atoms with van der Waals surface area (Å²) in [5.74, 6) is -0.231. The lowest BCUT2D eigenvalue weighted by Gasteiger charge is -2.06. The molecule has 0 spiro atoms. The molecule has 0 heterocycles. The van der Waals surface area contributed by atoms with Crippen molar-refractivity contribution in [1.29, 1.82) is 0 Å². The number of benzene rings is 2. The van der Waals surface area contributed by atoms with E-state index in [-0.39, 0.29) is 5.56 Å². The summed E-state index contributed by atoms with van der Waals surface area (Å²) < 4.78 is 0. The summed E-state index contributed by atoms with van der Waals surface area (Å²) in [7, 11) is 0. The van der Waals surface area contributed by atoms with Gasteiger partial charge in [-0.05, 0) is 17.7 Å². The lowest BCUT2D eigenvalue weighted by Crippen LogP contribution is -1.97. The van der Waals surface area contributed by atoms with E-state index in [4.69, 9.17) is 16.7 Å². The van der Waals surface area contributed by atoms with Gasteiger partial charge in [-0.3, -0.25) is 0 Å². The van der Waals surface area contributed by atoms with Gasteiger partial charge in [-0.25, -0.2) is 4.79 Å². The molecule has 2 aromatic rings. The Morgan fingerprint density at radius 2 is 1.83 bits per heavy atom. The average Bonchev–Trinajstić information content (AvgIpc) is 2.38. The largest absolute Gasteiger partial charge is 0.478 e. The minimum Gasteiger partial charge on any atom is -0.478 e. The zero-order valence-corrected chi connectivity index (χ0v) is 11.0. The number of hydrogen-bond acceptors (Lipinski definition) is 2. The lowest BCUT2D eigenvalue weighted by atomic mass is 10.2. The van der Waals surface area contributed by atoms with Gasteiger partial charge in [0.25, 0.3) is 0 Å². The van der Waals surface area contributed by atoms with E-state index in [2.05, 4.69) is 0 Å². The predicted octanol–water partition coefficient (Wildman–Crippen LogP) is 4.33. The Kier molecular flexibility index (Phi) is 4.28. The average molecular weight is 279 g/mol. The Morgan fingerprint density at radius 1 is 1.11 bits per heavy atom. The molecule has 1 N–H and O–H groups in total. The molecule has 0 aliphatic carbocycles. The van der Waals surface area contributed by atoms with Crippen molar-refractivity contribution in [3.05, 3.63) is 64.7 Å². The van der Waals surface area contributed by atoms with Crippen molar-refractivity contribution >= 4 is 29.3 Å². The number of halogens is 1. The molecule has 0 fully saturated rings. The molecule has 0 aliphatic rings. The molecule has 0 unspecified atom stereocenters. The number of aromatic carboxylic acids is 1. The molecule has 0 atom stereocenters. The van der Waals surface area contributed by atoms with E-state index in [0.717, 1.165) is 10.6 Å². The molecular weight excluding hydrogens is 268 g/mol. The third-order valence-corrected chi connectivity index (χ3v) is 4.08. The van der Waals surface area contributed by atoms with E-state index in [1.165, 1.54) is 23.4 Å². The number of carbonyl (C=O) groups is 1. The monoisotopic (exact) mass is 278 g/mol. The van der Waals surface area contributed by atoms with Crippen LogP contribution in [0, 0.1) is 0 Å². The third-order valence-electron chi connectivity index (χ3n) is 2.43. The van der Waals surface area contributed by atoms with Crippen molar-refractivity contribution in [3.63, 3.8) is 0 Å². The van der Waals surface area contributed by atoms with Gasteiger partial charge in [-0.2, -0.15) is 0 Å². The smallest absolute Gasteiger partial charge is 0.337 e. The summed E-state index contributed by atoms with van der Waals surface area (Å²) in [5.41, 5.74) is 1.33. The fourth-order valence-corrected chi connectivity index (χ4v) is 2.82. The summed E-state index contributed by atoms with van der Waals surface area (Å²) in [6.45, 7) is 0. The molecule has 0 amide bonds. The Morgan fingerprint density at radius 3 is 2.50 bits per heavy atom. The number of carboxylic acid groups (broad SMARTS) is 1. The maximum Gasteiger partial charge on any atom is 0.337 e. The van der Waals surface area contributed by atoms with Crippen LogP contribution in [0.3, 0.4) is 0 Å². The van der Waals surface area contributed by atoms with Crippen LogP contribution in [0.15, 0.2) is 53.4 Å². The maximum atomic E-state index is 11.0. The van der Waals surface area contributed by atoms with Crippen LogP contribution in [0.2, 0.25) is 5.02 Å². The topological polar surface area (TPSA) is 37.3 Å². The highest BCUT2D eigenvalue weighted by atomic mass is 35.5. The first kappa shape index (κ1) is 13.0. The Hall–Kier alpha value is -1.45. The van der Waals surface area contributed by atoms with Crippen LogP contribution in [-0.2, 0) is 5.75 Å². The summed E-state index contributed by atoms with van der Waals surface area (Å²) in [6, 6.07) is 15.0. The molecule has 2 aromatic carbocycles. The third kappa shape index (κ3) is 3.06. The molecule has 92 valence electrons. The van der Waals surface area contributed by atoms with Gasteiger partial charge in [0.2, 0.25) is 0 Å². The van der Waals surface area contributed by atoms with Crippen LogP contribution in [-0.4, -0.2) is 11.1 Å². The second-order valence-corrected chi connectivity index (χ2v) is 5.09. The Labute approximate surface area is 115 Å². The van der Waals surface area contributed by atoms with E-state index < -0.39 is 5.97 Å². The van der Waals surface area contributed by atoms with Crippen molar-refractivity contribution in [2.75, 3.05) is 0 Å². The van der Waals surface area contributed by atoms with E-state index in [1.54, 1.807) is 6.07 Å². The molecule has 4 heteroatoms. The highest BCUT2D eigenvalue weighted by molar-refractivity contribution is 7.98. The highest BCUT2D eigenvalue weighted by Gasteiger charge is 2.12. The first-order valence-corrected chi connectivity index (χ1v) is 6.73. The maximum absolute atomic E-state index is 11.0. The van der Waals surface area contributed by atoms with Gasteiger partial charge < -0.3 is 5.11 Å². The minimum atomic E-state index is -0.998. The second kappa shape index (κ2) is 5.94. The zero-order chi connectivity index (χ0) is 13.0. The quantitative estimate of drug-likeness (QED) is 0.846. The summed E-state index contributed by atoms with van der Waals surface area (Å²) in [6.07, 6.45) is 0. The standard InChI is InChI=1S/C14H11ClO2S/c15-13-11(14(16)17)7-4-8-12(13)18-9-10-5-2-1-3-6-10/h1-8H,9H2,(H,16,17). The number of carboxylic acids is 1. The highest BCUT2D eigenvalue weighted by Crippen LogP contribution is 2.32. The summed E-state index contributed by atoms with van der Waals surface area (Å²) >= 11 is 7.60. The molecule has 0 aromatic heterocycles. The molecule has 2 nitrogen and oxygen atoms in total. The second-order valence-electron chi connectivity index (χ2n) is 3.70. The molecule has 0 radical (unpaired) electrons. The SMILES string of the molecule is O=C(O)c1cccc(SCc2ccccc2)c1Cl. The molecular formula is C14H11ClO2S. The molecule has 0 saturated carbocycles. The Bertz CT molecular complexity index is 555.